The van der Waals surface area contributed by atoms with Crippen molar-refractivity contribution in [3.63, 3.8) is 0 Å². The van der Waals surface area contributed by atoms with Crippen LogP contribution in [0.25, 0.3) is 11.0 Å². The average Bonchev–Trinajstić information content (AvgIpc) is 3.18. The largest absolute Gasteiger partial charge is 0.459 e. The number of carbonyl (C=O) groups excluding carboxylic acids is 1. The lowest BCUT2D eigenvalue weighted by Gasteiger charge is -2.29. The first-order valence-corrected chi connectivity index (χ1v) is 9.13. The molecule has 0 aliphatic heterocycles. The zero-order valence-corrected chi connectivity index (χ0v) is 15.9. The third-order valence-corrected chi connectivity index (χ3v) is 5.26. The fourth-order valence-corrected chi connectivity index (χ4v) is 3.80. The van der Waals surface area contributed by atoms with E-state index in [1.54, 1.807) is 0 Å². The van der Waals surface area contributed by atoms with Crippen LogP contribution >= 0.6 is 12.4 Å². The number of rotatable bonds is 6. The van der Waals surface area contributed by atoms with Gasteiger partial charge in [-0.1, -0.05) is 31.5 Å². The van der Waals surface area contributed by atoms with Crippen LogP contribution in [-0.4, -0.2) is 23.4 Å². The van der Waals surface area contributed by atoms with Crippen LogP contribution in [0.4, 0.5) is 0 Å². The lowest BCUT2D eigenvalue weighted by molar-refractivity contribution is -0.134. The Hall–Kier alpha value is -1.52. The molecule has 25 heavy (non-hydrogen) atoms. The van der Waals surface area contributed by atoms with Crippen molar-refractivity contribution in [2.45, 2.75) is 58.0 Å². The van der Waals surface area contributed by atoms with Gasteiger partial charge in [-0.05, 0) is 44.2 Å². The summed E-state index contributed by atoms with van der Waals surface area (Å²) in [6.07, 6.45) is 4.77. The molecular formula is C20H29ClN2O2. The van der Waals surface area contributed by atoms with Gasteiger partial charge in [0, 0.05) is 24.4 Å². The summed E-state index contributed by atoms with van der Waals surface area (Å²) in [5.74, 6) is 1.39. The van der Waals surface area contributed by atoms with E-state index in [2.05, 4.69) is 19.9 Å². The molecule has 1 heterocycles. The predicted octanol–water partition coefficient (Wildman–Crippen LogP) is 4.67. The number of furan rings is 1. The Morgan fingerprint density at radius 3 is 2.76 bits per heavy atom. The molecule has 0 radical (unpaired) electrons. The Bertz CT molecular complexity index is 667. The molecule has 1 unspecified atom stereocenters. The lowest BCUT2D eigenvalue weighted by atomic mass is 9.99. The quantitative estimate of drug-likeness (QED) is 0.810. The van der Waals surface area contributed by atoms with Crippen LogP contribution < -0.4 is 5.73 Å². The van der Waals surface area contributed by atoms with Crippen LogP contribution in [-0.2, 0) is 4.79 Å². The summed E-state index contributed by atoms with van der Waals surface area (Å²) in [5, 5.41) is 1.08. The van der Waals surface area contributed by atoms with Gasteiger partial charge >= 0.3 is 0 Å². The minimum atomic E-state index is -0.0533. The summed E-state index contributed by atoms with van der Waals surface area (Å²) < 4.78 is 5.98. The number of nitrogens with zero attached hydrogens (tertiary/aromatic N) is 1. The van der Waals surface area contributed by atoms with Crippen molar-refractivity contribution in [3.05, 3.63) is 36.1 Å². The molecule has 138 valence electrons. The molecule has 1 aliphatic carbocycles. The molecular weight excluding hydrogens is 336 g/mol. The molecule has 1 saturated carbocycles. The molecule has 2 N–H and O–H groups in total. The summed E-state index contributed by atoms with van der Waals surface area (Å²) in [4.78, 5) is 14.9. The minimum absolute atomic E-state index is 0. The third kappa shape index (κ3) is 4.36. The molecule has 0 spiro atoms. The normalized spacial score (nSPS) is 21.1. The van der Waals surface area contributed by atoms with Crippen molar-refractivity contribution in [3.8, 4) is 0 Å². The average molecular weight is 365 g/mol. The van der Waals surface area contributed by atoms with E-state index >= 15 is 0 Å². The zero-order chi connectivity index (χ0) is 17.1. The van der Waals surface area contributed by atoms with Crippen LogP contribution in [0.1, 0.15) is 57.8 Å². The highest BCUT2D eigenvalue weighted by Crippen LogP contribution is 2.31. The van der Waals surface area contributed by atoms with E-state index in [1.165, 1.54) is 0 Å². The summed E-state index contributed by atoms with van der Waals surface area (Å²) in [6.45, 7) is 4.91. The van der Waals surface area contributed by atoms with Gasteiger partial charge in [0.05, 0.1) is 6.04 Å². The van der Waals surface area contributed by atoms with E-state index in [0.29, 0.717) is 12.3 Å². The van der Waals surface area contributed by atoms with Gasteiger partial charge in [0.25, 0.3) is 0 Å². The topological polar surface area (TPSA) is 59.5 Å². The molecule has 1 amide bonds. The van der Waals surface area contributed by atoms with E-state index in [9.17, 15) is 4.79 Å². The first-order valence-electron chi connectivity index (χ1n) is 9.13. The SMILES string of the molecule is CCCN(C(=O)C[C@@H]1CCC[C@H]1N)C(C)c1cc2ccccc2o1.Cl. The first-order chi connectivity index (χ1) is 11.6. The number of hydrogen-bond donors (Lipinski definition) is 1. The fourth-order valence-electron chi connectivity index (χ4n) is 3.80. The maximum atomic E-state index is 12.9. The zero-order valence-electron chi connectivity index (χ0n) is 15.1. The molecule has 1 fully saturated rings. The molecule has 0 bridgehead atoms. The number of para-hydroxylation sites is 1. The van der Waals surface area contributed by atoms with Gasteiger partial charge in [-0.3, -0.25) is 4.79 Å². The van der Waals surface area contributed by atoms with Crippen molar-refractivity contribution < 1.29 is 9.21 Å². The highest BCUT2D eigenvalue weighted by molar-refractivity contribution is 5.85. The molecule has 3 rings (SSSR count). The van der Waals surface area contributed by atoms with Crippen molar-refractivity contribution in [1.82, 2.24) is 4.90 Å². The van der Waals surface area contributed by atoms with Crippen molar-refractivity contribution >= 4 is 29.3 Å². The molecule has 0 saturated heterocycles. The summed E-state index contributed by atoms with van der Waals surface area (Å²) in [5.41, 5.74) is 7.03. The number of halogens is 1. The van der Waals surface area contributed by atoms with Gasteiger partial charge in [0.1, 0.15) is 11.3 Å². The Morgan fingerprint density at radius 1 is 1.36 bits per heavy atom. The van der Waals surface area contributed by atoms with E-state index in [-0.39, 0.29) is 30.4 Å². The third-order valence-electron chi connectivity index (χ3n) is 5.26. The standard InChI is InChI=1S/C20H28N2O2.ClH/c1-3-11-22(20(23)13-15-8-6-9-17(15)21)14(2)19-12-16-7-4-5-10-18(16)24-19;/h4-5,7,10,12,14-15,17H,3,6,8-9,11,13,21H2,1-2H3;1H/t14?,15-,17+;/m0./s1. The van der Waals surface area contributed by atoms with Gasteiger partial charge in [-0.25, -0.2) is 0 Å². The van der Waals surface area contributed by atoms with Gasteiger partial charge in [-0.2, -0.15) is 0 Å². The van der Waals surface area contributed by atoms with Crippen LogP contribution in [0.3, 0.4) is 0 Å². The highest BCUT2D eigenvalue weighted by atomic mass is 35.5. The van der Waals surface area contributed by atoms with Crippen LogP contribution in [0.15, 0.2) is 34.7 Å². The van der Waals surface area contributed by atoms with Gasteiger partial charge in [0.2, 0.25) is 5.91 Å². The van der Waals surface area contributed by atoms with Crippen molar-refractivity contribution in [2.24, 2.45) is 11.7 Å². The monoisotopic (exact) mass is 364 g/mol. The van der Waals surface area contributed by atoms with E-state index in [4.69, 9.17) is 10.2 Å². The predicted molar refractivity (Wildman–Crippen MR) is 104 cm³/mol. The fraction of sp³-hybridized carbons (Fsp3) is 0.550. The van der Waals surface area contributed by atoms with E-state index in [0.717, 1.165) is 49.0 Å². The Labute approximate surface area is 156 Å². The van der Waals surface area contributed by atoms with E-state index in [1.807, 2.05) is 29.2 Å². The molecule has 1 aromatic carbocycles. The second kappa shape index (κ2) is 8.72. The number of fused-ring (bicyclic) bond motifs is 1. The maximum Gasteiger partial charge on any atom is 0.223 e. The molecule has 4 nitrogen and oxygen atoms in total. The minimum Gasteiger partial charge on any atom is -0.459 e. The van der Waals surface area contributed by atoms with Crippen molar-refractivity contribution in [1.29, 1.82) is 0 Å². The van der Waals surface area contributed by atoms with Crippen LogP contribution in [0, 0.1) is 5.92 Å². The maximum absolute atomic E-state index is 12.9. The summed E-state index contributed by atoms with van der Waals surface area (Å²) in [7, 11) is 0. The van der Waals surface area contributed by atoms with Crippen molar-refractivity contribution in [2.75, 3.05) is 6.54 Å². The molecule has 3 atom stereocenters. The molecule has 1 aliphatic rings. The van der Waals surface area contributed by atoms with Gasteiger partial charge in [0.15, 0.2) is 0 Å². The van der Waals surface area contributed by atoms with Gasteiger partial charge in [-0.15, -0.1) is 12.4 Å². The molecule has 5 heteroatoms. The first kappa shape index (κ1) is 19.8. The van der Waals surface area contributed by atoms with Crippen LogP contribution in [0.5, 0.6) is 0 Å². The smallest absolute Gasteiger partial charge is 0.223 e. The second-order valence-electron chi connectivity index (χ2n) is 7.01. The summed E-state index contributed by atoms with van der Waals surface area (Å²) in [6, 6.07) is 10.2. The van der Waals surface area contributed by atoms with Crippen LogP contribution in [0.2, 0.25) is 0 Å². The number of carbonyl (C=O) groups is 1. The number of amides is 1. The molecule has 2 aromatic rings. The van der Waals surface area contributed by atoms with Gasteiger partial charge < -0.3 is 15.1 Å². The lowest BCUT2D eigenvalue weighted by Crippen LogP contribution is -2.37. The molecule has 1 aromatic heterocycles. The number of hydrogen-bond acceptors (Lipinski definition) is 3. The Morgan fingerprint density at radius 2 is 2.12 bits per heavy atom. The highest BCUT2D eigenvalue weighted by Gasteiger charge is 2.30. The van der Waals surface area contributed by atoms with E-state index < -0.39 is 0 Å². The Kier molecular flexibility index (Phi) is 6.91. The summed E-state index contributed by atoms with van der Waals surface area (Å²) >= 11 is 0. The number of nitrogens with two attached hydrogens (primary N) is 1. The number of benzene rings is 1. The second-order valence-corrected chi connectivity index (χ2v) is 7.01. The Balaban J connectivity index is 0.00000225.